The molecule has 0 spiro atoms. The third-order valence-corrected chi connectivity index (χ3v) is 7.29. The lowest BCUT2D eigenvalue weighted by molar-refractivity contribution is -0.116. The van der Waals surface area contributed by atoms with Gasteiger partial charge in [0.05, 0.1) is 11.3 Å². The molecule has 5 rings (SSSR count). The molecule has 0 radical (unpaired) electrons. The fraction of sp³-hybridized carbons (Fsp3) is 0.138. The molecule has 7 heteroatoms. The van der Waals surface area contributed by atoms with E-state index in [9.17, 15) is 19.5 Å². The van der Waals surface area contributed by atoms with Gasteiger partial charge in [0.1, 0.15) is 0 Å². The Kier molecular flexibility index (Phi) is 6.48. The molecule has 0 aliphatic carbocycles. The molecule has 1 aliphatic rings. The first kappa shape index (κ1) is 23.6. The first-order chi connectivity index (χ1) is 17.4. The number of nitrogens with one attached hydrogen (secondary N) is 1. The Hall–Kier alpha value is -4.10. The zero-order valence-corrected chi connectivity index (χ0v) is 20.4. The molecule has 0 aromatic heterocycles. The van der Waals surface area contributed by atoms with Gasteiger partial charge >= 0.3 is 5.97 Å². The molecular weight excluding hydrogens is 472 g/mol. The summed E-state index contributed by atoms with van der Waals surface area (Å²) in [6.45, 7) is 2.06. The van der Waals surface area contributed by atoms with Crippen molar-refractivity contribution in [3.05, 3.63) is 102 Å². The Labute approximate surface area is 212 Å². The van der Waals surface area contributed by atoms with E-state index in [1.807, 2.05) is 41.3 Å². The summed E-state index contributed by atoms with van der Waals surface area (Å²) >= 11 is 1.42. The summed E-state index contributed by atoms with van der Waals surface area (Å²) in [5.74, 6) is -1.15. The van der Waals surface area contributed by atoms with Gasteiger partial charge in [-0.3, -0.25) is 9.59 Å². The number of rotatable bonds is 6. The molecule has 0 fully saturated rings. The number of benzene rings is 4. The quantitative estimate of drug-likeness (QED) is 0.327. The van der Waals surface area contributed by atoms with Crippen molar-refractivity contribution in [3.8, 4) is 0 Å². The summed E-state index contributed by atoms with van der Waals surface area (Å²) in [6, 6.07) is 25.5. The molecule has 1 unspecified atom stereocenters. The smallest absolute Gasteiger partial charge is 0.336 e. The highest BCUT2D eigenvalue weighted by molar-refractivity contribution is 8.00. The summed E-state index contributed by atoms with van der Waals surface area (Å²) in [6.07, 6.45) is 0.853. The van der Waals surface area contributed by atoms with Crippen LogP contribution in [0.5, 0.6) is 0 Å². The van der Waals surface area contributed by atoms with Crippen LogP contribution < -0.4 is 10.2 Å². The minimum Gasteiger partial charge on any atom is -0.478 e. The van der Waals surface area contributed by atoms with E-state index in [2.05, 4.69) is 18.3 Å². The Morgan fingerprint density at radius 1 is 0.944 bits per heavy atom. The number of nitrogens with zero attached hydrogens (tertiary/aromatic N) is 1. The number of anilines is 2. The summed E-state index contributed by atoms with van der Waals surface area (Å²) in [5, 5.41) is 13.6. The fourth-order valence-electron chi connectivity index (χ4n) is 4.73. The van der Waals surface area contributed by atoms with E-state index in [1.54, 1.807) is 36.4 Å². The molecular formula is C29H24N2O4S. The molecule has 1 atom stereocenters. The highest BCUT2D eigenvalue weighted by Crippen LogP contribution is 2.33. The molecule has 180 valence electrons. The number of carbonyl (C=O) groups is 3. The minimum atomic E-state index is -1.08. The van der Waals surface area contributed by atoms with Gasteiger partial charge in [-0.15, -0.1) is 11.8 Å². The van der Waals surface area contributed by atoms with Gasteiger partial charge in [0.15, 0.2) is 0 Å². The lowest BCUT2D eigenvalue weighted by Crippen LogP contribution is -2.36. The average Bonchev–Trinajstić information content (AvgIpc) is 3.22. The maximum atomic E-state index is 13.1. The molecule has 2 N–H and O–H groups in total. The zero-order valence-electron chi connectivity index (χ0n) is 19.6. The van der Waals surface area contributed by atoms with E-state index in [4.69, 9.17) is 0 Å². The van der Waals surface area contributed by atoms with Crippen LogP contribution in [0.25, 0.3) is 10.8 Å². The van der Waals surface area contributed by atoms with E-state index < -0.39 is 11.9 Å². The number of amides is 2. The highest BCUT2D eigenvalue weighted by Gasteiger charge is 2.30. The maximum Gasteiger partial charge on any atom is 0.336 e. The highest BCUT2D eigenvalue weighted by atomic mass is 32.2. The van der Waals surface area contributed by atoms with Crippen molar-refractivity contribution in [3.63, 3.8) is 0 Å². The Morgan fingerprint density at radius 3 is 2.44 bits per heavy atom. The van der Waals surface area contributed by atoms with Gasteiger partial charge in [-0.25, -0.2) is 4.79 Å². The second-order valence-corrected chi connectivity index (χ2v) is 9.78. The van der Waals surface area contributed by atoms with Gasteiger partial charge in [-0.2, -0.15) is 0 Å². The predicted octanol–water partition coefficient (Wildman–Crippen LogP) is 5.86. The molecule has 0 bridgehead atoms. The van der Waals surface area contributed by atoms with Crippen molar-refractivity contribution < 1.29 is 19.5 Å². The molecule has 2 amide bonds. The number of para-hydroxylation sites is 1. The van der Waals surface area contributed by atoms with Gasteiger partial charge in [0.25, 0.3) is 5.91 Å². The molecule has 0 saturated heterocycles. The lowest BCUT2D eigenvalue weighted by Gasteiger charge is -2.22. The van der Waals surface area contributed by atoms with Gasteiger partial charge in [-0.1, -0.05) is 48.5 Å². The van der Waals surface area contributed by atoms with Crippen molar-refractivity contribution in [1.29, 1.82) is 0 Å². The van der Waals surface area contributed by atoms with E-state index >= 15 is 0 Å². The van der Waals surface area contributed by atoms with Crippen molar-refractivity contribution in [2.45, 2.75) is 24.3 Å². The normalized spacial score (nSPS) is 14.5. The standard InChI is InChI=1S/C29H24N2O4S/c1-18-15-20-7-2-3-14-25(20)31(18)26(32)17-36-22-11-6-10-21(16-22)30-28(33)23-12-4-8-19-9-5-13-24(27(19)23)29(34)35/h2-14,16,18H,15,17H2,1H3,(H,30,33)(H,34,35). The van der Waals surface area contributed by atoms with Crippen LogP contribution in [-0.4, -0.2) is 34.7 Å². The van der Waals surface area contributed by atoms with Crippen molar-refractivity contribution in [1.82, 2.24) is 0 Å². The Balaban J connectivity index is 1.31. The molecule has 6 nitrogen and oxygen atoms in total. The van der Waals surface area contributed by atoms with Crippen LogP contribution in [0.4, 0.5) is 11.4 Å². The van der Waals surface area contributed by atoms with Gasteiger partial charge < -0.3 is 15.3 Å². The third kappa shape index (κ3) is 4.57. The minimum absolute atomic E-state index is 0.0452. The second-order valence-electron chi connectivity index (χ2n) is 8.73. The van der Waals surface area contributed by atoms with Crippen molar-refractivity contribution in [2.75, 3.05) is 16.0 Å². The van der Waals surface area contributed by atoms with Crippen LogP contribution in [0.1, 0.15) is 33.2 Å². The first-order valence-electron chi connectivity index (χ1n) is 11.6. The number of hydrogen-bond donors (Lipinski definition) is 2. The van der Waals surface area contributed by atoms with Gasteiger partial charge in [0.2, 0.25) is 5.91 Å². The number of fused-ring (bicyclic) bond motifs is 2. The number of aromatic carboxylic acids is 1. The zero-order chi connectivity index (χ0) is 25.2. The van der Waals surface area contributed by atoms with Crippen LogP contribution in [-0.2, 0) is 11.2 Å². The summed E-state index contributed by atoms with van der Waals surface area (Å²) in [4.78, 5) is 40.6. The fourth-order valence-corrected chi connectivity index (χ4v) is 5.55. The predicted molar refractivity (Wildman–Crippen MR) is 143 cm³/mol. The largest absolute Gasteiger partial charge is 0.478 e. The topological polar surface area (TPSA) is 86.7 Å². The number of thioether (sulfide) groups is 1. The SMILES string of the molecule is CC1Cc2ccccc2N1C(=O)CSc1cccc(NC(=O)c2cccc3cccc(C(=O)O)c23)c1. The van der Waals surface area contributed by atoms with Crippen LogP contribution in [0.2, 0.25) is 0 Å². The van der Waals surface area contributed by atoms with E-state index in [0.29, 0.717) is 22.0 Å². The molecule has 4 aromatic rings. The summed E-state index contributed by atoms with van der Waals surface area (Å²) in [7, 11) is 0. The maximum absolute atomic E-state index is 13.1. The van der Waals surface area contributed by atoms with E-state index in [-0.39, 0.29) is 23.3 Å². The molecule has 4 aromatic carbocycles. The number of carboxylic acids is 1. The Morgan fingerprint density at radius 2 is 1.67 bits per heavy atom. The molecule has 1 aliphatic heterocycles. The molecule has 0 saturated carbocycles. The summed E-state index contributed by atoms with van der Waals surface area (Å²) in [5.41, 5.74) is 3.11. The molecule has 36 heavy (non-hydrogen) atoms. The molecule has 1 heterocycles. The third-order valence-electron chi connectivity index (χ3n) is 6.31. The number of carboxylic acid groups (broad SMARTS) is 1. The monoisotopic (exact) mass is 496 g/mol. The Bertz CT molecular complexity index is 1490. The van der Waals surface area contributed by atoms with Gasteiger partial charge in [-0.05, 0) is 60.7 Å². The van der Waals surface area contributed by atoms with E-state index in [1.165, 1.54) is 23.4 Å². The average molecular weight is 497 g/mol. The van der Waals surface area contributed by atoms with Crippen molar-refractivity contribution >= 4 is 51.7 Å². The van der Waals surface area contributed by atoms with Crippen LogP contribution >= 0.6 is 11.8 Å². The second kappa shape index (κ2) is 9.87. The van der Waals surface area contributed by atoms with Crippen LogP contribution in [0, 0.1) is 0 Å². The van der Waals surface area contributed by atoms with Crippen LogP contribution in [0.15, 0.2) is 89.8 Å². The number of carbonyl (C=O) groups excluding carboxylic acids is 2. The van der Waals surface area contributed by atoms with Crippen LogP contribution in [0.3, 0.4) is 0 Å². The first-order valence-corrected chi connectivity index (χ1v) is 12.6. The van der Waals surface area contributed by atoms with Gasteiger partial charge in [0, 0.05) is 33.3 Å². The summed E-state index contributed by atoms with van der Waals surface area (Å²) < 4.78 is 0. The van der Waals surface area contributed by atoms with E-state index in [0.717, 1.165) is 17.0 Å². The lowest BCUT2D eigenvalue weighted by atomic mass is 9.98. The van der Waals surface area contributed by atoms with Crippen molar-refractivity contribution in [2.24, 2.45) is 0 Å². The number of hydrogen-bond acceptors (Lipinski definition) is 4.